The Kier molecular flexibility index (Phi) is 6.44. The molecule has 1 heterocycles. The summed E-state index contributed by atoms with van der Waals surface area (Å²) in [7, 11) is 3.35. The summed E-state index contributed by atoms with van der Waals surface area (Å²) in [4.78, 5) is 8.57. The minimum Gasteiger partial charge on any atom is -0.496 e. The van der Waals surface area contributed by atoms with Crippen molar-refractivity contribution in [3.8, 4) is 5.75 Å². The molecule has 0 spiro atoms. The largest absolute Gasteiger partial charge is 0.496 e. The Hall–Kier alpha value is -2.34. The van der Waals surface area contributed by atoms with Crippen LogP contribution in [0.1, 0.15) is 5.56 Å². The number of rotatable bonds is 9. The maximum Gasteiger partial charge on any atom is 0.224 e. The van der Waals surface area contributed by atoms with Gasteiger partial charge in [-0.15, -0.1) is 0 Å². The van der Waals surface area contributed by atoms with E-state index in [0.29, 0.717) is 19.1 Å². The Morgan fingerprint density at radius 1 is 1.05 bits per heavy atom. The van der Waals surface area contributed by atoms with E-state index in [2.05, 4.69) is 26.7 Å². The molecule has 0 radical (unpaired) electrons. The van der Waals surface area contributed by atoms with Crippen molar-refractivity contribution < 1.29 is 9.47 Å². The normalized spacial score (nSPS) is 10.3. The molecule has 1 aromatic heterocycles. The van der Waals surface area contributed by atoms with E-state index < -0.39 is 0 Å². The van der Waals surface area contributed by atoms with E-state index in [4.69, 9.17) is 9.47 Å². The van der Waals surface area contributed by atoms with Gasteiger partial charge in [-0.1, -0.05) is 18.2 Å². The van der Waals surface area contributed by atoms with E-state index in [1.54, 1.807) is 20.4 Å². The monoisotopic (exact) mass is 302 g/mol. The molecule has 0 unspecified atom stereocenters. The Morgan fingerprint density at radius 2 is 1.91 bits per heavy atom. The molecule has 118 valence electrons. The zero-order chi connectivity index (χ0) is 15.6. The lowest BCUT2D eigenvalue weighted by Crippen LogP contribution is -2.12. The van der Waals surface area contributed by atoms with Crippen LogP contribution in [-0.2, 0) is 11.2 Å². The predicted octanol–water partition coefficient (Wildman–Crippen LogP) is 2.20. The number of anilines is 2. The molecule has 0 atom stereocenters. The predicted molar refractivity (Wildman–Crippen MR) is 87.6 cm³/mol. The van der Waals surface area contributed by atoms with E-state index in [-0.39, 0.29) is 0 Å². The molecule has 0 aliphatic heterocycles. The summed E-state index contributed by atoms with van der Waals surface area (Å²) in [6.07, 6.45) is 2.59. The second-order valence-corrected chi connectivity index (χ2v) is 4.67. The van der Waals surface area contributed by atoms with Gasteiger partial charge in [-0.2, -0.15) is 4.98 Å². The fraction of sp³-hybridized carbons (Fsp3) is 0.375. The molecule has 1 aromatic carbocycles. The molecular formula is C16H22N4O2. The number of hydrogen-bond acceptors (Lipinski definition) is 6. The van der Waals surface area contributed by atoms with Gasteiger partial charge in [0.15, 0.2) is 0 Å². The molecule has 0 aliphatic carbocycles. The molecule has 0 saturated heterocycles. The van der Waals surface area contributed by atoms with Crippen LogP contribution in [0, 0.1) is 0 Å². The fourth-order valence-corrected chi connectivity index (χ4v) is 2.04. The molecule has 22 heavy (non-hydrogen) atoms. The van der Waals surface area contributed by atoms with Crippen LogP contribution in [0.3, 0.4) is 0 Å². The number of aromatic nitrogens is 2. The number of para-hydroxylation sites is 1. The van der Waals surface area contributed by atoms with Gasteiger partial charge in [0.1, 0.15) is 11.6 Å². The first-order valence-corrected chi connectivity index (χ1v) is 7.25. The maximum atomic E-state index is 5.35. The van der Waals surface area contributed by atoms with E-state index in [0.717, 1.165) is 24.5 Å². The van der Waals surface area contributed by atoms with E-state index in [9.17, 15) is 0 Å². The highest BCUT2D eigenvalue weighted by Gasteiger charge is 2.02. The third kappa shape index (κ3) is 4.89. The summed E-state index contributed by atoms with van der Waals surface area (Å²) >= 11 is 0. The number of nitrogens with zero attached hydrogens (tertiary/aromatic N) is 2. The van der Waals surface area contributed by atoms with Crippen LogP contribution in [0.5, 0.6) is 5.75 Å². The van der Waals surface area contributed by atoms with Crippen LogP contribution in [0.25, 0.3) is 0 Å². The quantitative estimate of drug-likeness (QED) is 0.692. The van der Waals surface area contributed by atoms with Crippen molar-refractivity contribution >= 4 is 11.8 Å². The number of methoxy groups -OCH3 is 2. The highest BCUT2D eigenvalue weighted by molar-refractivity contribution is 5.40. The Bertz CT molecular complexity index is 578. The van der Waals surface area contributed by atoms with Crippen LogP contribution in [-0.4, -0.2) is 43.9 Å². The number of nitrogens with one attached hydrogen (secondary N) is 2. The maximum absolute atomic E-state index is 5.35. The molecule has 2 aromatic rings. The summed E-state index contributed by atoms with van der Waals surface area (Å²) in [6.45, 7) is 2.07. The van der Waals surface area contributed by atoms with Crippen molar-refractivity contribution in [1.29, 1.82) is 0 Å². The zero-order valence-electron chi connectivity index (χ0n) is 13.0. The van der Waals surface area contributed by atoms with Gasteiger partial charge in [0, 0.05) is 26.4 Å². The Morgan fingerprint density at radius 3 is 2.73 bits per heavy atom. The number of ether oxygens (including phenoxy) is 2. The van der Waals surface area contributed by atoms with Crippen molar-refractivity contribution in [3.05, 3.63) is 42.1 Å². The van der Waals surface area contributed by atoms with Crippen molar-refractivity contribution in [1.82, 2.24) is 9.97 Å². The molecule has 0 saturated carbocycles. The van der Waals surface area contributed by atoms with Crippen LogP contribution < -0.4 is 15.4 Å². The Labute approximate surface area is 130 Å². The van der Waals surface area contributed by atoms with Gasteiger partial charge in [-0.05, 0) is 24.1 Å². The van der Waals surface area contributed by atoms with Crippen LogP contribution >= 0.6 is 0 Å². The SMILES string of the molecule is COCCNc1nccc(NCCc2ccccc2OC)n1. The van der Waals surface area contributed by atoms with Crippen molar-refractivity contribution in [2.45, 2.75) is 6.42 Å². The smallest absolute Gasteiger partial charge is 0.224 e. The van der Waals surface area contributed by atoms with Crippen molar-refractivity contribution in [2.24, 2.45) is 0 Å². The molecule has 6 heteroatoms. The minimum atomic E-state index is 0.597. The molecular weight excluding hydrogens is 280 g/mol. The van der Waals surface area contributed by atoms with Crippen LogP contribution in [0.15, 0.2) is 36.5 Å². The van der Waals surface area contributed by atoms with E-state index in [1.807, 2.05) is 24.3 Å². The highest BCUT2D eigenvalue weighted by atomic mass is 16.5. The first-order valence-electron chi connectivity index (χ1n) is 7.25. The molecule has 2 N–H and O–H groups in total. The zero-order valence-corrected chi connectivity index (χ0v) is 13.0. The lowest BCUT2D eigenvalue weighted by Gasteiger charge is -2.10. The van der Waals surface area contributed by atoms with Gasteiger partial charge in [-0.25, -0.2) is 4.98 Å². The summed E-state index contributed by atoms with van der Waals surface area (Å²) < 4.78 is 10.3. The lowest BCUT2D eigenvalue weighted by atomic mass is 10.1. The number of benzene rings is 1. The fourth-order valence-electron chi connectivity index (χ4n) is 2.04. The van der Waals surface area contributed by atoms with Crippen LogP contribution in [0.2, 0.25) is 0 Å². The summed E-state index contributed by atoms with van der Waals surface area (Å²) in [5.74, 6) is 2.30. The van der Waals surface area contributed by atoms with Gasteiger partial charge < -0.3 is 20.1 Å². The topological polar surface area (TPSA) is 68.3 Å². The second-order valence-electron chi connectivity index (χ2n) is 4.67. The first-order chi connectivity index (χ1) is 10.8. The first kappa shape index (κ1) is 16.0. The van der Waals surface area contributed by atoms with Gasteiger partial charge in [0.25, 0.3) is 0 Å². The summed E-state index contributed by atoms with van der Waals surface area (Å²) in [5.41, 5.74) is 1.17. The minimum absolute atomic E-state index is 0.597. The molecule has 0 aliphatic rings. The second kappa shape index (κ2) is 8.84. The summed E-state index contributed by atoms with van der Waals surface area (Å²) in [6, 6.07) is 9.87. The molecule has 6 nitrogen and oxygen atoms in total. The Balaban J connectivity index is 1.85. The third-order valence-corrected chi connectivity index (χ3v) is 3.14. The average molecular weight is 302 g/mol. The standard InChI is InChI=1S/C16H22N4O2/c1-21-12-11-19-16-18-10-8-15(20-16)17-9-7-13-5-3-4-6-14(13)22-2/h3-6,8,10H,7,9,11-12H2,1-2H3,(H2,17,18,19,20). The van der Waals surface area contributed by atoms with Gasteiger partial charge in [-0.3, -0.25) is 0 Å². The molecule has 0 fully saturated rings. The van der Waals surface area contributed by atoms with E-state index in [1.165, 1.54) is 5.56 Å². The van der Waals surface area contributed by atoms with Gasteiger partial charge in [0.2, 0.25) is 5.95 Å². The highest BCUT2D eigenvalue weighted by Crippen LogP contribution is 2.17. The van der Waals surface area contributed by atoms with Crippen molar-refractivity contribution in [2.75, 3.05) is 44.5 Å². The number of hydrogen-bond donors (Lipinski definition) is 2. The summed E-state index contributed by atoms with van der Waals surface area (Å²) in [5, 5.41) is 6.40. The van der Waals surface area contributed by atoms with Gasteiger partial charge in [0.05, 0.1) is 13.7 Å². The molecule has 0 amide bonds. The third-order valence-electron chi connectivity index (χ3n) is 3.14. The van der Waals surface area contributed by atoms with Gasteiger partial charge >= 0.3 is 0 Å². The average Bonchev–Trinajstić information content (AvgIpc) is 2.56. The molecule has 2 rings (SSSR count). The van der Waals surface area contributed by atoms with E-state index >= 15 is 0 Å². The lowest BCUT2D eigenvalue weighted by molar-refractivity contribution is 0.210. The molecule has 0 bridgehead atoms. The van der Waals surface area contributed by atoms with Crippen LogP contribution in [0.4, 0.5) is 11.8 Å². The van der Waals surface area contributed by atoms with Crippen molar-refractivity contribution in [3.63, 3.8) is 0 Å².